The van der Waals surface area contributed by atoms with E-state index in [0.29, 0.717) is 35.9 Å². The van der Waals surface area contributed by atoms with E-state index >= 15 is 0 Å². The molecule has 122 valence electrons. The molecular weight excluding hydrogens is 306 g/mol. The molecule has 0 amide bonds. The third kappa shape index (κ3) is 5.67. The van der Waals surface area contributed by atoms with Crippen molar-refractivity contribution in [3.63, 3.8) is 0 Å². The van der Waals surface area contributed by atoms with E-state index in [2.05, 4.69) is 42.6 Å². The third-order valence-electron chi connectivity index (χ3n) is 3.26. The second kappa shape index (κ2) is 8.24. The van der Waals surface area contributed by atoms with Crippen molar-refractivity contribution in [3.8, 4) is 0 Å². The summed E-state index contributed by atoms with van der Waals surface area (Å²) in [6.07, 6.45) is 0. The zero-order chi connectivity index (χ0) is 16.0. The minimum absolute atomic E-state index is 0.383. The maximum Gasteiger partial charge on any atom is 0.250 e. The van der Waals surface area contributed by atoms with E-state index in [1.165, 1.54) is 11.3 Å². The Kier molecular flexibility index (Phi) is 7.29. The van der Waals surface area contributed by atoms with E-state index in [1.54, 1.807) is 6.07 Å². The first kappa shape index (κ1) is 18.6. The van der Waals surface area contributed by atoms with Crippen LogP contribution in [0.5, 0.6) is 0 Å². The smallest absolute Gasteiger partial charge is 0.250 e. The Hall–Kier alpha value is -0.470. The molecule has 0 saturated carbocycles. The SMILES string of the molecule is CNCc1csc(S(=O)(=O)NCCN(C(C)C)C(C)C)c1. The van der Waals surface area contributed by atoms with Crippen molar-refractivity contribution < 1.29 is 8.42 Å². The van der Waals surface area contributed by atoms with Gasteiger partial charge in [-0.2, -0.15) is 0 Å². The highest BCUT2D eigenvalue weighted by molar-refractivity contribution is 7.91. The van der Waals surface area contributed by atoms with Crippen molar-refractivity contribution in [2.45, 2.75) is 50.5 Å². The number of thiophene rings is 1. The summed E-state index contributed by atoms with van der Waals surface area (Å²) < 4.78 is 27.5. The van der Waals surface area contributed by atoms with Gasteiger partial charge in [-0.25, -0.2) is 13.1 Å². The Labute approximate surface area is 132 Å². The second-order valence-electron chi connectivity index (χ2n) is 5.63. The first-order valence-electron chi connectivity index (χ1n) is 7.25. The van der Waals surface area contributed by atoms with Gasteiger partial charge in [0.2, 0.25) is 10.0 Å². The predicted molar refractivity (Wildman–Crippen MR) is 89.2 cm³/mol. The van der Waals surface area contributed by atoms with Gasteiger partial charge < -0.3 is 5.32 Å². The van der Waals surface area contributed by atoms with Gasteiger partial charge in [0.25, 0.3) is 0 Å². The minimum Gasteiger partial charge on any atom is -0.316 e. The summed E-state index contributed by atoms with van der Waals surface area (Å²) in [6, 6.07) is 2.53. The van der Waals surface area contributed by atoms with Gasteiger partial charge in [-0.1, -0.05) is 0 Å². The molecular formula is C14H27N3O2S2. The zero-order valence-corrected chi connectivity index (χ0v) is 15.1. The number of rotatable bonds is 9. The highest BCUT2D eigenvalue weighted by Crippen LogP contribution is 2.19. The van der Waals surface area contributed by atoms with Crippen LogP contribution in [0.1, 0.15) is 33.3 Å². The van der Waals surface area contributed by atoms with Gasteiger partial charge in [0.15, 0.2) is 0 Å². The van der Waals surface area contributed by atoms with Crippen LogP contribution in [0.25, 0.3) is 0 Å². The Balaban J connectivity index is 2.60. The number of nitrogens with one attached hydrogen (secondary N) is 2. The summed E-state index contributed by atoms with van der Waals surface area (Å²) >= 11 is 1.26. The number of hydrogen-bond donors (Lipinski definition) is 2. The van der Waals surface area contributed by atoms with E-state index in [9.17, 15) is 8.42 Å². The Morgan fingerprint density at radius 1 is 1.24 bits per heavy atom. The van der Waals surface area contributed by atoms with E-state index < -0.39 is 10.0 Å². The summed E-state index contributed by atoms with van der Waals surface area (Å²) in [7, 11) is -1.55. The van der Waals surface area contributed by atoms with E-state index in [1.807, 2.05) is 12.4 Å². The molecule has 0 aliphatic carbocycles. The molecule has 1 rings (SSSR count). The minimum atomic E-state index is -3.39. The van der Waals surface area contributed by atoms with Gasteiger partial charge in [-0.05, 0) is 51.8 Å². The first-order valence-corrected chi connectivity index (χ1v) is 9.61. The summed E-state index contributed by atoms with van der Waals surface area (Å²) in [5.41, 5.74) is 0.994. The van der Waals surface area contributed by atoms with Gasteiger partial charge in [-0.3, -0.25) is 4.90 Å². The molecule has 0 unspecified atom stereocenters. The molecule has 0 fully saturated rings. The normalized spacial score (nSPS) is 12.8. The molecule has 1 heterocycles. The van der Waals surface area contributed by atoms with Gasteiger partial charge in [-0.15, -0.1) is 11.3 Å². The van der Waals surface area contributed by atoms with E-state index in [4.69, 9.17) is 0 Å². The lowest BCUT2D eigenvalue weighted by atomic mass is 10.2. The number of sulfonamides is 1. The predicted octanol–water partition coefficient (Wildman–Crippen LogP) is 1.86. The third-order valence-corrected chi connectivity index (χ3v) is 6.21. The summed E-state index contributed by atoms with van der Waals surface area (Å²) in [6.45, 7) is 10.3. The molecule has 0 aromatic carbocycles. The molecule has 2 N–H and O–H groups in total. The van der Waals surface area contributed by atoms with Crippen molar-refractivity contribution in [3.05, 3.63) is 17.0 Å². The standard InChI is InChI=1S/C14H27N3O2S2/c1-11(2)17(12(3)4)7-6-16-21(18,19)14-8-13(9-15-5)10-20-14/h8,10-12,15-16H,6-7,9H2,1-5H3. The molecule has 1 aromatic rings. The van der Waals surface area contributed by atoms with Crippen LogP contribution in [-0.4, -0.2) is 45.5 Å². The summed E-state index contributed by atoms with van der Waals surface area (Å²) in [5.74, 6) is 0. The van der Waals surface area contributed by atoms with Crippen molar-refractivity contribution in [2.75, 3.05) is 20.1 Å². The fourth-order valence-corrected chi connectivity index (χ4v) is 4.56. The zero-order valence-electron chi connectivity index (χ0n) is 13.5. The van der Waals surface area contributed by atoms with Crippen molar-refractivity contribution in [1.29, 1.82) is 0 Å². The van der Waals surface area contributed by atoms with Gasteiger partial charge in [0, 0.05) is 31.7 Å². The topological polar surface area (TPSA) is 61.4 Å². The molecule has 0 spiro atoms. The highest BCUT2D eigenvalue weighted by Gasteiger charge is 2.18. The molecule has 0 radical (unpaired) electrons. The van der Waals surface area contributed by atoms with Crippen LogP contribution >= 0.6 is 11.3 Å². The lowest BCUT2D eigenvalue weighted by Crippen LogP contribution is -2.42. The van der Waals surface area contributed by atoms with Gasteiger partial charge in [0.05, 0.1) is 0 Å². The molecule has 0 aliphatic heterocycles. The summed E-state index contributed by atoms with van der Waals surface area (Å²) in [5, 5.41) is 4.89. The van der Waals surface area contributed by atoms with E-state index in [-0.39, 0.29) is 0 Å². The average Bonchev–Trinajstić information content (AvgIpc) is 2.83. The van der Waals surface area contributed by atoms with Crippen molar-refractivity contribution in [2.24, 2.45) is 0 Å². The van der Waals surface area contributed by atoms with Crippen LogP contribution in [-0.2, 0) is 16.6 Å². The monoisotopic (exact) mass is 333 g/mol. The van der Waals surface area contributed by atoms with Crippen molar-refractivity contribution in [1.82, 2.24) is 14.9 Å². The molecule has 0 aliphatic rings. The van der Waals surface area contributed by atoms with Crippen LogP contribution in [0.15, 0.2) is 15.7 Å². The number of nitrogens with zero attached hydrogens (tertiary/aromatic N) is 1. The Morgan fingerprint density at radius 3 is 2.38 bits per heavy atom. The van der Waals surface area contributed by atoms with Crippen LogP contribution < -0.4 is 10.0 Å². The van der Waals surface area contributed by atoms with Crippen LogP contribution in [0.3, 0.4) is 0 Å². The quantitative estimate of drug-likeness (QED) is 0.724. The fourth-order valence-electron chi connectivity index (χ4n) is 2.28. The maximum absolute atomic E-state index is 12.2. The Bertz CT molecular complexity index is 516. The lowest BCUT2D eigenvalue weighted by Gasteiger charge is -2.30. The second-order valence-corrected chi connectivity index (χ2v) is 8.53. The number of hydrogen-bond acceptors (Lipinski definition) is 5. The first-order chi connectivity index (χ1) is 9.77. The van der Waals surface area contributed by atoms with Gasteiger partial charge in [0.1, 0.15) is 4.21 Å². The maximum atomic E-state index is 12.2. The Morgan fingerprint density at radius 2 is 1.86 bits per heavy atom. The molecule has 7 heteroatoms. The molecule has 0 atom stereocenters. The van der Waals surface area contributed by atoms with Crippen LogP contribution in [0.4, 0.5) is 0 Å². The molecule has 21 heavy (non-hydrogen) atoms. The highest BCUT2D eigenvalue weighted by atomic mass is 32.2. The molecule has 0 bridgehead atoms. The van der Waals surface area contributed by atoms with Crippen molar-refractivity contribution >= 4 is 21.4 Å². The van der Waals surface area contributed by atoms with Crippen LogP contribution in [0.2, 0.25) is 0 Å². The summed E-state index contributed by atoms with van der Waals surface area (Å²) in [4.78, 5) is 2.27. The average molecular weight is 334 g/mol. The lowest BCUT2D eigenvalue weighted by molar-refractivity contribution is 0.179. The molecule has 1 aromatic heterocycles. The fraction of sp³-hybridized carbons (Fsp3) is 0.714. The van der Waals surface area contributed by atoms with Crippen LogP contribution in [0, 0.1) is 0 Å². The molecule has 0 saturated heterocycles. The van der Waals surface area contributed by atoms with Gasteiger partial charge >= 0.3 is 0 Å². The van der Waals surface area contributed by atoms with E-state index in [0.717, 1.165) is 5.56 Å². The molecule has 5 nitrogen and oxygen atoms in total. The largest absolute Gasteiger partial charge is 0.316 e.